The highest BCUT2D eigenvalue weighted by Crippen LogP contribution is 2.34. The van der Waals surface area contributed by atoms with Crippen molar-refractivity contribution in [3.05, 3.63) is 102 Å². The van der Waals surface area contributed by atoms with Crippen molar-refractivity contribution in [2.75, 3.05) is 26.2 Å². The molecule has 156 valence electrons. The highest BCUT2D eigenvalue weighted by Gasteiger charge is 2.31. The Morgan fingerprint density at radius 1 is 0.733 bits per heavy atom. The van der Waals surface area contributed by atoms with Gasteiger partial charge in [-0.15, -0.1) is 0 Å². The third-order valence-corrected chi connectivity index (χ3v) is 6.01. The zero-order valence-corrected chi connectivity index (χ0v) is 17.5. The van der Waals surface area contributed by atoms with Crippen LogP contribution in [0.1, 0.15) is 36.0 Å². The molecule has 1 heterocycles. The second-order valence-corrected chi connectivity index (χ2v) is 8.16. The predicted molar refractivity (Wildman–Crippen MR) is 122 cm³/mol. The Balaban J connectivity index is 1.48. The smallest absolute Gasteiger partial charge is 0.119 e. The second kappa shape index (κ2) is 9.92. The summed E-state index contributed by atoms with van der Waals surface area (Å²) >= 11 is 0. The van der Waals surface area contributed by atoms with Crippen molar-refractivity contribution in [2.45, 2.75) is 31.3 Å². The summed E-state index contributed by atoms with van der Waals surface area (Å²) < 4.78 is 5.98. The minimum atomic E-state index is -1.09. The van der Waals surface area contributed by atoms with Gasteiger partial charge in [0.1, 0.15) is 18.0 Å². The summed E-state index contributed by atoms with van der Waals surface area (Å²) in [5.74, 6) is 0.853. The van der Waals surface area contributed by atoms with Crippen molar-refractivity contribution in [1.82, 2.24) is 4.90 Å². The first-order valence-corrected chi connectivity index (χ1v) is 11.0. The van der Waals surface area contributed by atoms with Crippen molar-refractivity contribution < 1.29 is 9.84 Å². The molecule has 1 aliphatic rings. The molecule has 3 nitrogen and oxygen atoms in total. The highest BCUT2D eigenvalue weighted by atomic mass is 16.5. The van der Waals surface area contributed by atoms with Crippen LogP contribution in [0.25, 0.3) is 0 Å². The van der Waals surface area contributed by atoms with Gasteiger partial charge in [-0.2, -0.15) is 0 Å². The van der Waals surface area contributed by atoms with Crippen LogP contribution in [0.3, 0.4) is 0 Å². The van der Waals surface area contributed by atoms with Crippen LogP contribution in [-0.4, -0.2) is 36.2 Å². The number of hydrogen-bond donors (Lipinski definition) is 1. The van der Waals surface area contributed by atoms with E-state index in [-0.39, 0.29) is 0 Å². The second-order valence-electron chi connectivity index (χ2n) is 8.16. The van der Waals surface area contributed by atoms with Crippen LogP contribution in [0.4, 0.5) is 0 Å². The van der Waals surface area contributed by atoms with E-state index in [4.69, 9.17) is 4.74 Å². The van der Waals surface area contributed by atoms with Gasteiger partial charge in [-0.05, 0) is 54.8 Å². The normalized spacial score (nSPS) is 16.7. The lowest BCUT2D eigenvalue weighted by Crippen LogP contribution is -2.33. The summed E-state index contributed by atoms with van der Waals surface area (Å²) in [7, 11) is 0. The Hall–Kier alpha value is -2.62. The van der Waals surface area contributed by atoms with Crippen molar-refractivity contribution in [2.24, 2.45) is 0 Å². The average Bonchev–Trinajstić information content (AvgIpc) is 2.81. The predicted octanol–water partition coefficient (Wildman–Crippen LogP) is 5.03. The van der Waals surface area contributed by atoms with Gasteiger partial charge in [-0.3, -0.25) is 4.90 Å². The first-order chi connectivity index (χ1) is 14.7. The summed E-state index contributed by atoms with van der Waals surface area (Å²) in [5.41, 5.74) is 1.79. The molecule has 1 N–H and O–H groups in total. The van der Waals surface area contributed by atoms with Crippen LogP contribution in [0, 0.1) is 0 Å². The number of ether oxygens (including phenoxy) is 1. The summed E-state index contributed by atoms with van der Waals surface area (Å²) in [6.07, 6.45) is 4.47. The molecule has 3 aromatic rings. The van der Waals surface area contributed by atoms with E-state index in [1.807, 2.05) is 72.8 Å². The molecule has 1 fully saturated rings. The molecule has 0 bridgehead atoms. The molecule has 30 heavy (non-hydrogen) atoms. The number of benzene rings is 3. The fraction of sp³-hybridized carbons (Fsp3) is 0.333. The van der Waals surface area contributed by atoms with Gasteiger partial charge in [0.05, 0.1) is 0 Å². The van der Waals surface area contributed by atoms with Crippen molar-refractivity contribution in [3.8, 4) is 5.75 Å². The quantitative estimate of drug-likeness (QED) is 0.575. The molecule has 1 saturated heterocycles. The molecule has 1 atom stereocenters. The summed E-state index contributed by atoms with van der Waals surface area (Å²) in [6, 6.07) is 28.0. The maximum absolute atomic E-state index is 11.8. The van der Waals surface area contributed by atoms with E-state index in [1.54, 1.807) is 0 Å². The summed E-state index contributed by atoms with van der Waals surface area (Å²) in [5, 5.41) is 11.8. The minimum absolute atomic E-state index is 0.521. The molecule has 0 radical (unpaired) electrons. The first-order valence-electron chi connectivity index (χ1n) is 11.0. The number of likely N-dealkylation sites (tertiary alicyclic amines) is 1. The molecule has 3 heteroatoms. The summed E-state index contributed by atoms with van der Waals surface area (Å²) in [4.78, 5) is 2.48. The Labute approximate surface area is 179 Å². The van der Waals surface area contributed by atoms with Crippen LogP contribution in [0.2, 0.25) is 0 Å². The highest BCUT2D eigenvalue weighted by molar-refractivity contribution is 5.40. The fourth-order valence-corrected chi connectivity index (χ4v) is 4.28. The molecule has 0 saturated carbocycles. The van der Waals surface area contributed by atoms with Gasteiger partial charge in [0.2, 0.25) is 0 Å². The number of hydrogen-bond acceptors (Lipinski definition) is 3. The van der Waals surface area contributed by atoms with Crippen LogP contribution in [-0.2, 0) is 12.0 Å². The van der Waals surface area contributed by atoms with Crippen LogP contribution in [0.15, 0.2) is 84.9 Å². The van der Waals surface area contributed by atoms with E-state index in [9.17, 15) is 5.11 Å². The molecular weight excluding hydrogens is 370 g/mol. The standard InChI is InChI=1S/C27H31NO2/c29-27(24-12-6-2-7-13-24,22-23-10-4-1-5-11-23)25-14-16-26(17-15-25)30-21-20-28-18-8-3-9-19-28/h1-2,4-7,10-17,29H,3,8-9,18-22H2. The molecule has 0 spiro atoms. The lowest BCUT2D eigenvalue weighted by Gasteiger charge is -2.30. The van der Waals surface area contributed by atoms with Crippen molar-refractivity contribution in [1.29, 1.82) is 0 Å². The largest absolute Gasteiger partial charge is 0.492 e. The zero-order chi connectivity index (χ0) is 20.7. The van der Waals surface area contributed by atoms with Crippen LogP contribution in [0.5, 0.6) is 5.75 Å². The fourth-order valence-electron chi connectivity index (χ4n) is 4.28. The van der Waals surface area contributed by atoms with E-state index in [0.29, 0.717) is 13.0 Å². The van der Waals surface area contributed by atoms with Gasteiger partial charge in [0, 0.05) is 13.0 Å². The molecule has 0 aromatic heterocycles. The van der Waals surface area contributed by atoms with E-state index < -0.39 is 5.60 Å². The van der Waals surface area contributed by atoms with Crippen molar-refractivity contribution >= 4 is 0 Å². The third-order valence-electron chi connectivity index (χ3n) is 6.01. The van der Waals surface area contributed by atoms with Crippen LogP contribution >= 0.6 is 0 Å². The monoisotopic (exact) mass is 401 g/mol. The van der Waals surface area contributed by atoms with Gasteiger partial charge < -0.3 is 9.84 Å². The van der Waals surface area contributed by atoms with Gasteiger partial charge >= 0.3 is 0 Å². The van der Waals surface area contributed by atoms with Gasteiger partial charge in [0.15, 0.2) is 0 Å². The van der Waals surface area contributed by atoms with E-state index in [2.05, 4.69) is 17.0 Å². The van der Waals surface area contributed by atoms with Gasteiger partial charge in [-0.25, -0.2) is 0 Å². The van der Waals surface area contributed by atoms with Gasteiger partial charge in [-0.1, -0.05) is 79.2 Å². The van der Waals surface area contributed by atoms with E-state index in [1.165, 1.54) is 32.4 Å². The molecule has 4 rings (SSSR count). The first kappa shape index (κ1) is 20.6. The van der Waals surface area contributed by atoms with E-state index in [0.717, 1.165) is 29.0 Å². The Morgan fingerprint density at radius 3 is 2.00 bits per heavy atom. The molecule has 0 amide bonds. The number of piperidine rings is 1. The Kier molecular flexibility index (Phi) is 6.83. The zero-order valence-electron chi connectivity index (χ0n) is 17.5. The van der Waals surface area contributed by atoms with Gasteiger partial charge in [0.25, 0.3) is 0 Å². The lowest BCUT2D eigenvalue weighted by molar-refractivity contribution is 0.0810. The molecule has 1 aliphatic heterocycles. The Morgan fingerprint density at radius 2 is 1.33 bits per heavy atom. The minimum Gasteiger partial charge on any atom is -0.492 e. The SMILES string of the molecule is OC(Cc1ccccc1)(c1ccccc1)c1ccc(OCCN2CCCCC2)cc1. The number of nitrogens with zero attached hydrogens (tertiary/aromatic N) is 1. The van der Waals surface area contributed by atoms with Crippen LogP contribution < -0.4 is 4.74 Å². The molecule has 3 aromatic carbocycles. The van der Waals surface area contributed by atoms with Crippen molar-refractivity contribution in [3.63, 3.8) is 0 Å². The number of aliphatic hydroxyl groups is 1. The lowest BCUT2D eigenvalue weighted by atomic mass is 9.81. The average molecular weight is 402 g/mol. The maximum Gasteiger partial charge on any atom is 0.119 e. The topological polar surface area (TPSA) is 32.7 Å². The van der Waals surface area contributed by atoms with E-state index >= 15 is 0 Å². The molecule has 1 unspecified atom stereocenters. The molecular formula is C27H31NO2. The third kappa shape index (κ3) is 5.10. The Bertz CT molecular complexity index is 889. The summed E-state index contributed by atoms with van der Waals surface area (Å²) in [6.45, 7) is 4.05. The number of rotatable bonds is 8. The maximum atomic E-state index is 11.8. The molecule has 0 aliphatic carbocycles.